The van der Waals surface area contributed by atoms with Crippen LogP contribution in [-0.2, 0) is 6.54 Å². The number of pyridine rings is 1. The van der Waals surface area contributed by atoms with Crippen LogP contribution >= 0.6 is 11.3 Å². The Morgan fingerprint density at radius 1 is 1.28 bits per heavy atom. The molecule has 4 heterocycles. The number of nitrogens with one attached hydrogen (secondary N) is 1. The normalized spacial score (nSPS) is 11.5. The molecule has 0 aliphatic carbocycles. The molecule has 25 heavy (non-hydrogen) atoms. The Hall–Kier alpha value is -2.81. The second kappa shape index (κ2) is 6.25. The average Bonchev–Trinajstić information content (AvgIpc) is 3.27. The van der Waals surface area contributed by atoms with Gasteiger partial charge in [-0.1, -0.05) is 30.3 Å². The van der Waals surface area contributed by atoms with Crippen LogP contribution in [0.2, 0.25) is 0 Å². The summed E-state index contributed by atoms with van der Waals surface area (Å²) in [4.78, 5) is 14.2. The second-order valence-corrected chi connectivity index (χ2v) is 7.14. The van der Waals surface area contributed by atoms with E-state index in [2.05, 4.69) is 30.5 Å². The number of hydrogen-bond acceptors (Lipinski definition) is 8. The molecule has 0 aromatic carbocycles. The molecular formula is C16H17N7OS. The first-order chi connectivity index (χ1) is 12.1. The molecule has 4 aromatic rings. The summed E-state index contributed by atoms with van der Waals surface area (Å²) in [6, 6.07) is 3.79. The molecule has 0 fully saturated rings. The Morgan fingerprint density at radius 3 is 2.84 bits per heavy atom. The topological polar surface area (TPSA) is 94.0 Å². The van der Waals surface area contributed by atoms with Crippen molar-refractivity contribution in [3.05, 3.63) is 41.1 Å². The van der Waals surface area contributed by atoms with Crippen LogP contribution in [0, 0.1) is 6.92 Å². The standard InChI is InChI=1S/C16H17N7OS/c1-9(2)14-20-15(24-22-14)11-4-5-13(17-6-11)18-7-12-8-23-16(19-12)25-10(3)21-23/h4-6,8-9H,7H2,1-3H3,(H,17,18). The molecule has 0 saturated carbocycles. The first-order valence-corrected chi connectivity index (χ1v) is 8.76. The van der Waals surface area contributed by atoms with Gasteiger partial charge in [0.2, 0.25) is 4.96 Å². The van der Waals surface area contributed by atoms with Gasteiger partial charge in [-0.2, -0.15) is 10.1 Å². The van der Waals surface area contributed by atoms with Crippen LogP contribution in [0.4, 0.5) is 5.82 Å². The van der Waals surface area contributed by atoms with E-state index in [-0.39, 0.29) is 5.92 Å². The highest BCUT2D eigenvalue weighted by molar-refractivity contribution is 7.16. The van der Waals surface area contributed by atoms with Crippen molar-refractivity contribution in [3.8, 4) is 11.5 Å². The molecule has 0 atom stereocenters. The lowest BCUT2D eigenvalue weighted by atomic mass is 10.2. The van der Waals surface area contributed by atoms with Gasteiger partial charge in [-0.3, -0.25) is 0 Å². The molecule has 0 radical (unpaired) electrons. The smallest absolute Gasteiger partial charge is 0.259 e. The van der Waals surface area contributed by atoms with E-state index in [0.29, 0.717) is 18.3 Å². The first kappa shape index (κ1) is 15.7. The molecule has 1 N–H and O–H groups in total. The fraction of sp³-hybridized carbons (Fsp3) is 0.312. The fourth-order valence-corrected chi connectivity index (χ4v) is 3.07. The van der Waals surface area contributed by atoms with Gasteiger partial charge < -0.3 is 9.84 Å². The molecule has 0 bridgehead atoms. The van der Waals surface area contributed by atoms with Crippen LogP contribution in [-0.4, -0.2) is 29.7 Å². The van der Waals surface area contributed by atoms with Gasteiger partial charge in [0.05, 0.1) is 24.0 Å². The van der Waals surface area contributed by atoms with Crippen molar-refractivity contribution in [1.29, 1.82) is 0 Å². The number of fused-ring (bicyclic) bond motifs is 1. The summed E-state index contributed by atoms with van der Waals surface area (Å²) in [5, 5.41) is 12.6. The van der Waals surface area contributed by atoms with Gasteiger partial charge in [0.1, 0.15) is 10.8 Å². The number of aryl methyl sites for hydroxylation is 1. The van der Waals surface area contributed by atoms with E-state index in [9.17, 15) is 0 Å². The van der Waals surface area contributed by atoms with Gasteiger partial charge in [-0.25, -0.2) is 14.5 Å². The highest BCUT2D eigenvalue weighted by Gasteiger charge is 2.12. The van der Waals surface area contributed by atoms with Gasteiger partial charge in [0, 0.05) is 12.1 Å². The highest BCUT2D eigenvalue weighted by atomic mass is 32.1. The molecule has 0 amide bonds. The van der Waals surface area contributed by atoms with Crippen LogP contribution in [0.25, 0.3) is 16.4 Å². The molecule has 9 heteroatoms. The number of imidazole rings is 1. The third-order valence-corrected chi connectivity index (χ3v) is 4.45. The summed E-state index contributed by atoms with van der Waals surface area (Å²) < 4.78 is 7.08. The monoisotopic (exact) mass is 355 g/mol. The quantitative estimate of drug-likeness (QED) is 0.587. The van der Waals surface area contributed by atoms with Crippen molar-refractivity contribution >= 4 is 22.1 Å². The van der Waals surface area contributed by atoms with Gasteiger partial charge in [0.25, 0.3) is 5.89 Å². The maximum absolute atomic E-state index is 5.28. The zero-order valence-corrected chi connectivity index (χ0v) is 14.9. The number of aromatic nitrogens is 6. The highest BCUT2D eigenvalue weighted by Crippen LogP contribution is 2.20. The third kappa shape index (κ3) is 3.22. The van der Waals surface area contributed by atoms with E-state index in [1.165, 1.54) is 0 Å². The van der Waals surface area contributed by atoms with Gasteiger partial charge in [0.15, 0.2) is 5.82 Å². The van der Waals surface area contributed by atoms with Crippen molar-refractivity contribution in [3.63, 3.8) is 0 Å². The Labute approximate surface area is 147 Å². The lowest BCUT2D eigenvalue weighted by Crippen LogP contribution is -2.01. The van der Waals surface area contributed by atoms with E-state index < -0.39 is 0 Å². The summed E-state index contributed by atoms with van der Waals surface area (Å²) in [6.45, 7) is 6.60. The summed E-state index contributed by atoms with van der Waals surface area (Å²) >= 11 is 1.57. The zero-order chi connectivity index (χ0) is 17.4. The molecule has 4 rings (SSSR count). The molecule has 0 aliphatic heterocycles. The van der Waals surface area contributed by atoms with Gasteiger partial charge >= 0.3 is 0 Å². The van der Waals surface area contributed by atoms with Crippen molar-refractivity contribution in [2.75, 3.05) is 5.32 Å². The van der Waals surface area contributed by atoms with E-state index in [0.717, 1.165) is 27.0 Å². The van der Waals surface area contributed by atoms with E-state index in [1.54, 1.807) is 22.0 Å². The third-order valence-electron chi connectivity index (χ3n) is 3.61. The molecular weight excluding hydrogens is 338 g/mol. The largest absolute Gasteiger partial charge is 0.364 e. The number of rotatable bonds is 5. The van der Waals surface area contributed by atoms with Gasteiger partial charge in [-0.15, -0.1) is 0 Å². The summed E-state index contributed by atoms with van der Waals surface area (Å²) in [5.41, 5.74) is 1.72. The van der Waals surface area contributed by atoms with Crippen LogP contribution in [0.1, 0.15) is 36.3 Å². The van der Waals surface area contributed by atoms with Crippen LogP contribution in [0.3, 0.4) is 0 Å². The Kier molecular flexibility index (Phi) is 3.92. The first-order valence-electron chi connectivity index (χ1n) is 7.94. The van der Waals surface area contributed by atoms with Crippen LogP contribution < -0.4 is 5.32 Å². The fourth-order valence-electron chi connectivity index (χ4n) is 2.32. The van der Waals surface area contributed by atoms with E-state index in [4.69, 9.17) is 4.52 Å². The zero-order valence-electron chi connectivity index (χ0n) is 14.1. The Morgan fingerprint density at radius 2 is 2.16 bits per heavy atom. The summed E-state index contributed by atoms with van der Waals surface area (Å²) in [5.74, 6) is 2.17. The van der Waals surface area contributed by atoms with Crippen molar-refractivity contribution < 1.29 is 4.52 Å². The van der Waals surface area contributed by atoms with Crippen molar-refractivity contribution in [2.45, 2.75) is 33.2 Å². The number of nitrogens with zero attached hydrogens (tertiary/aromatic N) is 6. The average molecular weight is 355 g/mol. The van der Waals surface area contributed by atoms with Crippen LogP contribution in [0.5, 0.6) is 0 Å². The number of anilines is 1. The molecule has 0 spiro atoms. The van der Waals surface area contributed by atoms with Crippen LogP contribution in [0.15, 0.2) is 29.0 Å². The summed E-state index contributed by atoms with van der Waals surface area (Å²) in [7, 11) is 0. The molecule has 4 aromatic heterocycles. The molecule has 128 valence electrons. The predicted octanol–water partition coefficient (Wildman–Crippen LogP) is 3.28. The van der Waals surface area contributed by atoms with Crippen molar-refractivity contribution in [1.82, 2.24) is 29.7 Å². The Balaban J connectivity index is 1.43. The second-order valence-electron chi connectivity index (χ2n) is 5.98. The van der Waals surface area contributed by atoms with E-state index >= 15 is 0 Å². The SMILES string of the molecule is Cc1nn2cc(CNc3ccc(-c4nc(C(C)C)no4)cn3)nc2s1. The maximum Gasteiger partial charge on any atom is 0.259 e. The predicted molar refractivity (Wildman–Crippen MR) is 94.5 cm³/mol. The molecule has 0 aliphatic rings. The minimum Gasteiger partial charge on any atom is -0.364 e. The lowest BCUT2D eigenvalue weighted by molar-refractivity contribution is 0.419. The van der Waals surface area contributed by atoms with Crippen molar-refractivity contribution in [2.24, 2.45) is 0 Å². The molecule has 0 saturated heterocycles. The minimum atomic E-state index is 0.231. The number of hydrogen-bond donors (Lipinski definition) is 1. The Bertz CT molecular complexity index is 968. The van der Waals surface area contributed by atoms with E-state index in [1.807, 2.05) is 39.1 Å². The molecule has 0 unspecified atom stereocenters. The minimum absolute atomic E-state index is 0.231. The summed E-state index contributed by atoms with van der Waals surface area (Å²) in [6.07, 6.45) is 3.64. The lowest BCUT2D eigenvalue weighted by Gasteiger charge is -2.03. The molecule has 8 nitrogen and oxygen atoms in total. The maximum atomic E-state index is 5.28. The van der Waals surface area contributed by atoms with Gasteiger partial charge in [-0.05, 0) is 19.1 Å².